The van der Waals surface area contributed by atoms with E-state index in [-0.39, 0.29) is 10.8 Å². The van der Waals surface area contributed by atoms with Crippen molar-refractivity contribution in [2.24, 2.45) is 0 Å². The largest absolute Gasteiger partial charge is 0.323 e. The van der Waals surface area contributed by atoms with E-state index in [2.05, 4.69) is 20.0 Å². The predicted octanol–water partition coefficient (Wildman–Crippen LogP) is 3.07. The maximum Gasteiger partial charge on any atom is 0.264 e. The zero-order chi connectivity index (χ0) is 20.0. The van der Waals surface area contributed by atoms with Gasteiger partial charge in [0, 0.05) is 24.2 Å². The molecule has 142 valence electrons. The Bertz CT molecular complexity index is 1100. The van der Waals surface area contributed by atoms with Crippen LogP contribution in [-0.2, 0) is 14.8 Å². The molecule has 0 radical (unpaired) electrons. The normalized spacial score (nSPS) is 11.3. The lowest BCUT2D eigenvalue weighted by Gasteiger charge is -2.07. The predicted molar refractivity (Wildman–Crippen MR) is 103 cm³/mol. The van der Waals surface area contributed by atoms with Gasteiger partial charge in [0.15, 0.2) is 0 Å². The summed E-state index contributed by atoms with van der Waals surface area (Å²) in [4.78, 5) is 19.6. The number of hydrogen-bond donors (Lipinski definition) is 2. The Morgan fingerprint density at radius 1 is 1.00 bits per heavy atom. The van der Waals surface area contributed by atoms with Crippen molar-refractivity contribution in [1.29, 1.82) is 0 Å². The Kier molecular flexibility index (Phi) is 5.75. The minimum atomic E-state index is -3.85. The third-order valence-corrected chi connectivity index (χ3v) is 4.84. The minimum Gasteiger partial charge on any atom is -0.323 e. The van der Waals surface area contributed by atoms with Crippen LogP contribution in [0, 0.1) is 5.82 Å². The van der Waals surface area contributed by atoms with E-state index in [4.69, 9.17) is 0 Å². The monoisotopic (exact) mass is 398 g/mol. The number of hydrogen-bond acceptors (Lipinski definition) is 5. The molecule has 3 aromatic rings. The Labute approximate surface area is 161 Å². The highest BCUT2D eigenvalue weighted by molar-refractivity contribution is 7.92. The van der Waals surface area contributed by atoms with E-state index in [1.165, 1.54) is 60.9 Å². The number of amides is 1. The molecule has 0 spiro atoms. The highest BCUT2D eigenvalue weighted by Crippen LogP contribution is 2.16. The van der Waals surface area contributed by atoms with Gasteiger partial charge in [-0.05, 0) is 54.1 Å². The van der Waals surface area contributed by atoms with Gasteiger partial charge < -0.3 is 5.32 Å². The van der Waals surface area contributed by atoms with Gasteiger partial charge in [-0.3, -0.25) is 4.79 Å². The van der Waals surface area contributed by atoms with Crippen LogP contribution >= 0.6 is 0 Å². The molecule has 0 saturated heterocycles. The molecule has 1 aromatic heterocycles. The number of nitrogens with zero attached hydrogens (tertiary/aromatic N) is 2. The summed E-state index contributed by atoms with van der Waals surface area (Å²) in [6.07, 6.45) is 5.57. The van der Waals surface area contributed by atoms with Crippen LogP contribution < -0.4 is 10.0 Å². The van der Waals surface area contributed by atoms with Crippen molar-refractivity contribution in [2.75, 3.05) is 10.0 Å². The van der Waals surface area contributed by atoms with Crippen LogP contribution in [0.4, 0.5) is 16.0 Å². The van der Waals surface area contributed by atoms with Gasteiger partial charge in [0.2, 0.25) is 11.9 Å². The molecule has 3 rings (SSSR count). The average molecular weight is 398 g/mol. The molecule has 7 nitrogen and oxygen atoms in total. The Morgan fingerprint density at radius 2 is 1.71 bits per heavy atom. The van der Waals surface area contributed by atoms with Crippen LogP contribution in [0.3, 0.4) is 0 Å². The first-order valence-electron chi connectivity index (χ1n) is 8.07. The van der Waals surface area contributed by atoms with E-state index in [1.807, 2.05) is 0 Å². The number of carbonyl (C=O) groups excluding carboxylic acids is 1. The lowest BCUT2D eigenvalue weighted by Crippen LogP contribution is -2.15. The smallest absolute Gasteiger partial charge is 0.264 e. The summed E-state index contributed by atoms with van der Waals surface area (Å²) in [6.45, 7) is 0. The van der Waals surface area contributed by atoms with Crippen LogP contribution in [0.5, 0.6) is 0 Å². The minimum absolute atomic E-state index is 0.00625. The molecule has 0 aliphatic rings. The number of nitrogens with one attached hydrogen (secondary N) is 2. The SMILES string of the molecule is O=C(/C=C/c1cccc(F)c1)Nc1ccc(S(=O)(=O)Nc2ncccn2)cc1. The van der Waals surface area contributed by atoms with Crippen molar-refractivity contribution in [1.82, 2.24) is 9.97 Å². The lowest BCUT2D eigenvalue weighted by atomic mass is 10.2. The Hall–Kier alpha value is -3.59. The lowest BCUT2D eigenvalue weighted by molar-refractivity contribution is -0.111. The van der Waals surface area contributed by atoms with Gasteiger partial charge in [-0.2, -0.15) is 0 Å². The molecule has 0 bridgehead atoms. The van der Waals surface area contributed by atoms with Crippen LogP contribution in [0.25, 0.3) is 6.08 Å². The molecule has 28 heavy (non-hydrogen) atoms. The molecule has 0 unspecified atom stereocenters. The molecule has 2 N–H and O–H groups in total. The summed E-state index contributed by atoms with van der Waals surface area (Å²) in [7, 11) is -3.85. The van der Waals surface area contributed by atoms with Crippen molar-refractivity contribution in [3.05, 3.63) is 84.4 Å². The van der Waals surface area contributed by atoms with Crippen LogP contribution in [0.2, 0.25) is 0 Å². The zero-order valence-corrected chi connectivity index (χ0v) is 15.2. The number of halogens is 1. The summed E-state index contributed by atoms with van der Waals surface area (Å²) in [5.41, 5.74) is 0.953. The highest BCUT2D eigenvalue weighted by Gasteiger charge is 2.15. The fraction of sp³-hybridized carbons (Fsp3) is 0. The standard InChI is InChI=1S/C19H15FN4O3S/c20-15-4-1-3-14(13-15)5-10-18(25)23-16-6-8-17(9-7-16)28(26,27)24-19-21-11-2-12-22-19/h1-13H,(H,23,25)(H,21,22,24)/b10-5+. The first-order chi connectivity index (χ1) is 13.4. The van der Waals surface area contributed by atoms with Gasteiger partial charge in [-0.25, -0.2) is 27.5 Å². The summed E-state index contributed by atoms with van der Waals surface area (Å²) >= 11 is 0. The van der Waals surface area contributed by atoms with Crippen LogP contribution in [0.15, 0.2) is 78.0 Å². The number of benzene rings is 2. The van der Waals surface area contributed by atoms with Gasteiger partial charge in [0.1, 0.15) is 5.82 Å². The molecule has 0 fully saturated rings. The molecule has 9 heteroatoms. The fourth-order valence-electron chi connectivity index (χ4n) is 2.21. The summed E-state index contributed by atoms with van der Waals surface area (Å²) in [6, 6.07) is 13.0. The quantitative estimate of drug-likeness (QED) is 0.622. The van der Waals surface area contributed by atoms with E-state index in [0.717, 1.165) is 0 Å². The van der Waals surface area contributed by atoms with Crippen molar-refractivity contribution in [3.63, 3.8) is 0 Å². The molecule has 1 amide bonds. The zero-order valence-electron chi connectivity index (χ0n) is 14.4. The molecule has 2 aromatic carbocycles. The van der Waals surface area contributed by atoms with Crippen molar-refractivity contribution in [3.8, 4) is 0 Å². The number of anilines is 2. The third-order valence-electron chi connectivity index (χ3n) is 3.50. The summed E-state index contributed by atoms with van der Waals surface area (Å²) < 4.78 is 40.0. The van der Waals surface area contributed by atoms with Gasteiger partial charge in [0.05, 0.1) is 4.90 Å². The van der Waals surface area contributed by atoms with Gasteiger partial charge >= 0.3 is 0 Å². The highest BCUT2D eigenvalue weighted by atomic mass is 32.2. The van der Waals surface area contributed by atoms with Crippen molar-refractivity contribution < 1.29 is 17.6 Å². The molecular weight excluding hydrogens is 383 g/mol. The average Bonchev–Trinajstić information content (AvgIpc) is 2.67. The first-order valence-corrected chi connectivity index (χ1v) is 9.55. The fourth-order valence-corrected chi connectivity index (χ4v) is 3.17. The van der Waals surface area contributed by atoms with E-state index in [9.17, 15) is 17.6 Å². The second kappa shape index (κ2) is 8.40. The number of sulfonamides is 1. The second-order valence-electron chi connectivity index (χ2n) is 5.58. The summed E-state index contributed by atoms with van der Waals surface area (Å²) in [5, 5.41) is 2.60. The topological polar surface area (TPSA) is 101 Å². The Morgan fingerprint density at radius 3 is 2.39 bits per heavy atom. The van der Waals surface area contributed by atoms with Gasteiger partial charge in [-0.15, -0.1) is 0 Å². The third kappa shape index (κ3) is 5.21. The van der Waals surface area contributed by atoms with Gasteiger partial charge in [0.25, 0.3) is 10.0 Å². The van der Waals surface area contributed by atoms with Crippen LogP contribution in [-0.4, -0.2) is 24.3 Å². The molecule has 0 aliphatic heterocycles. The molecule has 0 saturated carbocycles. The molecule has 0 atom stereocenters. The number of aromatic nitrogens is 2. The summed E-state index contributed by atoms with van der Waals surface area (Å²) in [5.74, 6) is -0.869. The van der Waals surface area contributed by atoms with E-state index in [0.29, 0.717) is 11.3 Å². The molecule has 0 aliphatic carbocycles. The number of carbonyl (C=O) groups is 1. The van der Waals surface area contributed by atoms with E-state index < -0.39 is 21.7 Å². The second-order valence-corrected chi connectivity index (χ2v) is 7.26. The maximum absolute atomic E-state index is 13.1. The van der Waals surface area contributed by atoms with E-state index >= 15 is 0 Å². The van der Waals surface area contributed by atoms with Gasteiger partial charge in [-0.1, -0.05) is 12.1 Å². The maximum atomic E-state index is 13.1. The number of rotatable bonds is 6. The van der Waals surface area contributed by atoms with E-state index in [1.54, 1.807) is 18.2 Å². The van der Waals surface area contributed by atoms with Crippen molar-refractivity contribution in [2.45, 2.75) is 4.90 Å². The molecular formula is C19H15FN4O3S. The Balaban J connectivity index is 1.64. The first kappa shape index (κ1) is 19.2. The van der Waals surface area contributed by atoms with Crippen LogP contribution in [0.1, 0.15) is 5.56 Å². The molecule has 1 heterocycles. The van der Waals surface area contributed by atoms with Crippen molar-refractivity contribution >= 4 is 33.6 Å².